The Hall–Kier alpha value is -1.85. The summed E-state index contributed by atoms with van der Waals surface area (Å²) in [5.41, 5.74) is 4.85. The summed E-state index contributed by atoms with van der Waals surface area (Å²) in [6, 6.07) is 2.15. The van der Waals surface area contributed by atoms with Crippen molar-refractivity contribution in [1.82, 2.24) is 0 Å². The molecule has 37 heavy (non-hydrogen) atoms. The molecule has 0 radical (unpaired) electrons. The fourth-order valence-electron chi connectivity index (χ4n) is 8.86. The molecule has 0 amide bonds. The fourth-order valence-corrected chi connectivity index (χ4v) is 8.86. The van der Waals surface area contributed by atoms with E-state index in [4.69, 9.17) is 14.6 Å². The van der Waals surface area contributed by atoms with Crippen molar-refractivity contribution < 1.29 is 24.1 Å². The number of aliphatic hydroxyl groups is 1. The van der Waals surface area contributed by atoms with E-state index < -0.39 is 5.79 Å². The summed E-state index contributed by atoms with van der Waals surface area (Å²) < 4.78 is 16.4. The van der Waals surface area contributed by atoms with Crippen LogP contribution in [0.25, 0.3) is 0 Å². The molecule has 1 N–H and O–H groups in total. The van der Waals surface area contributed by atoms with Crippen LogP contribution in [-0.2, 0) is 10.2 Å². The summed E-state index contributed by atoms with van der Waals surface area (Å²) in [6.45, 7) is 15.6. The number of hydrogen-bond donors (Lipinski definition) is 1. The lowest BCUT2D eigenvalue weighted by Gasteiger charge is -2.63. The summed E-state index contributed by atoms with van der Waals surface area (Å²) in [7, 11) is 1.43. The normalized spacial score (nSPS) is 38.8. The number of fused-ring (bicyclic) bond motifs is 8. The maximum absolute atomic E-state index is 13.7. The van der Waals surface area contributed by atoms with Crippen molar-refractivity contribution >= 4 is 5.78 Å². The first-order chi connectivity index (χ1) is 17.3. The molecule has 1 aromatic carbocycles. The zero-order valence-corrected chi connectivity index (χ0v) is 24.1. The predicted octanol–water partition coefficient (Wildman–Crippen LogP) is 7.12. The smallest absolute Gasteiger partial charge is 0.246 e. The van der Waals surface area contributed by atoms with Crippen LogP contribution < -0.4 is 9.47 Å². The van der Waals surface area contributed by atoms with Crippen LogP contribution in [0.15, 0.2) is 17.7 Å². The zero-order chi connectivity index (χ0) is 27.0. The van der Waals surface area contributed by atoms with Gasteiger partial charge in [0.1, 0.15) is 6.79 Å². The van der Waals surface area contributed by atoms with Gasteiger partial charge >= 0.3 is 0 Å². The standard InChI is InChI=1S/C30H40O3.C2H6O2/c1-17-8-10-28(5)12-13-30(7)19(20(28)14-17)9-11-29(6)21-15-23-26(33-27(3,4)32-23)18(2)25(21)22(31)16-24(29)30;1-4-2-3/h15-17,19-20H,8-14H2,1-7H3;3H,2H2,1H3. The lowest BCUT2D eigenvalue weighted by Crippen LogP contribution is -2.56. The molecule has 5 nitrogen and oxygen atoms in total. The molecule has 6 atom stereocenters. The second kappa shape index (κ2) is 8.84. The Morgan fingerprint density at radius 3 is 2.41 bits per heavy atom. The SMILES string of the molecule is COCO.Cc1c2c(cc3c1C(=O)C=C1C3(C)CCC3C4CC(C)CCC4(C)CCC13C)OC(C)(C)O2. The number of carbonyl (C=O) groups excluding carboxylic acids is 1. The van der Waals surface area contributed by atoms with Crippen molar-refractivity contribution in [3.05, 3.63) is 34.4 Å². The van der Waals surface area contributed by atoms with E-state index in [2.05, 4.69) is 44.6 Å². The molecule has 4 aliphatic carbocycles. The van der Waals surface area contributed by atoms with Crippen LogP contribution in [0.5, 0.6) is 11.5 Å². The van der Waals surface area contributed by atoms with Gasteiger partial charge in [-0.15, -0.1) is 0 Å². The van der Waals surface area contributed by atoms with E-state index in [-0.39, 0.29) is 23.4 Å². The quantitative estimate of drug-likeness (QED) is 0.408. The largest absolute Gasteiger partial charge is 0.449 e. The molecular weight excluding hydrogens is 464 g/mol. The summed E-state index contributed by atoms with van der Waals surface area (Å²) in [6.07, 6.45) is 11.0. The number of methoxy groups -OCH3 is 1. The summed E-state index contributed by atoms with van der Waals surface area (Å²) in [4.78, 5) is 13.7. The molecule has 204 valence electrons. The highest BCUT2D eigenvalue weighted by atomic mass is 16.7. The average molecular weight is 511 g/mol. The van der Waals surface area contributed by atoms with Crippen molar-refractivity contribution in [1.29, 1.82) is 0 Å². The lowest BCUT2D eigenvalue weighted by molar-refractivity contribution is -0.0806. The second-order valence-corrected chi connectivity index (χ2v) is 13.7. The minimum atomic E-state index is -0.688. The van der Waals surface area contributed by atoms with Crippen LogP contribution in [0, 0.1) is 35.5 Å². The van der Waals surface area contributed by atoms with Crippen LogP contribution in [0.4, 0.5) is 0 Å². The number of ketones is 1. The predicted molar refractivity (Wildman–Crippen MR) is 145 cm³/mol. The average Bonchev–Trinajstić information content (AvgIpc) is 3.16. The van der Waals surface area contributed by atoms with Crippen molar-refractivity contribution in [2.75, 3.05) is 13.9 Å². The maximum Gasteiger partial charge on any atom is 0.246 e. The molecule has 0 saturated heterocycles. The number of hydrogen-bond acceptors (Lipinski definition) is 5. The van der Waals surface area contributed by atoms with Gasteiger partial charge in [0.05, 0.1) is 0 Å². The monoisotopic (exact) mass is 510 g/mol. The van der Waals surface area contributed by atoms with Crippen LogP contribution in [0.1, 0.15) is 108 Å². The van der Waals surface area contributed by atoms with Gasteiger partial charge in [-0.2, -0.15) is 0 Å². The minimum Gasteiger partial charge on any atom is -0.449 e. The number of rotatable bonds is 1. The molecular formula is C32H46O5. The molecule has 0 spiro atoms. The lowest BCUT2D eigenvalue weighted by atomic mass is 9.41. The second-order valence-electron chi connectivity index (χ2n) is 13.7. The first-order valence-corrected chi connectivity index (χ1v) is 14.2. The number of allylic oxidation sites excluding steroid dienone is 2. The van der Waals surface area contributed by atoms with Crippen LogP contribution in [0.2, 0.25) is 0 Å². The van der Waals surface area contributed by atoms with Gasteiger partial charge < -0.3 is 19.3 Å². The van der Waals surface area contributed by atoms with Crippen LogP contribution in [-0.4, -0.2) is 30.6 Å². The summed E-state index contributed by atoms with van der Waals surface area (Å²) in [5, 5.41) is 7.65. The third kappa shape index (κ3) is 3.98. The van der Waals surface area contributed by atoms with Gasteiger partial charge in [-0.05, 0) is 97.3 Å². The molecule has 1 aromatic rings. The fraction of sp³-hybridized carbons (Fsp3) is 0.719. The van der Waals surface area contributed by atoms with Gasteiger partial charge in [0.25, 0.3) is 0 Å². The molecule has 1 aliphatic heterocycles. The minimum absolute atomic E-state index is 0.102. The Morgan fingerprint density at radius 1 is 1.03 bits per heavy atom. The van der Waals surface area contributed by atoms with E-state index in [1.807, 2.05) is 20.8 Å². The zero-order valence-electron chi connectivity index (χ0n) is 24.1. The van der Waals surface area contributed by atoms with Crippen molar-refractivity contribution in [3.8, 4) is 11.5 Å². The number of ether oxygens (including phenoxy) is 3. The Morgan fingerprint density at radius 2 is 1.73 bits per heavy atom. The van der Waals surface area contributed by atoms with Crippen molar-refractivity contribution in [2.24, 2.45) is 28.6 Å². The van der Waals surface area contributed by atoms with E-state index >= 15 is 0 Å². The van der Waals surface area contributed by atoms with E-state index in [1.54, 1.807) is 0 Å². The number of benzene rings is 1. The van der Waals surface area contributed by atoms with Gasteiger partial charge in [0.2, 0.25) is 5.79 Å². The first-order valence-electron chi connectivity index (χ1n) is 14.2. The number of carbonyl (C=O) groups is 1. The molecule has 0 aromatic heterocycles. The van der Waals surface area contributed by atoms with Gasteiger partial charge in [0, 0.05) is 37.5 Å². The highest BCUT2D eigenvalue weighted by molar-refractivity contribution is 6.10. The molecule has 6 rings (SSSR count). The van der Waals surface area contributed by atoms with E-state index in [1.165, 1.54) is 56.8 Å². The molecule has 3 fully saturated rings. The van der Waals surface area contributed by atoms with E-state index in [0.29, 0.717) is 11.3 Å². The Balaban J connectivity index is 0.000000655. The maximum atomic E-state index is 13.7. The molecule has 3 saturated carbocycles. The summed E-state index contributed by atoms with van der Waals surface area (Å²) >= 11 is 0. The Kier molecular flexibility index (Phi) is 6.39. The van der Waals surface area contributed by atoms with E-state index in [9.17, 15) is 4.79 Å². The third-order valence-electron chi connectivity index (χ3n) is 10.9. The molecule has 6 unspecified atom stereocenters. The topological polar surface area (TPSA) is 65.0 Å². The highest BCUT2D eigenvalue weighted by Crippen LogP contribution is 2.68. The van der Waals surface area contributed by atoms with Gasteiger partial charge in [-0.1, -0.05) is 34.1 Å². The third-order valence-corrected chi connectivity index (χ3v) is 10.9. The Labute approximate surface area is 223 Å². The Bertz CT molecular complexity index is 1130. The van der Waals surface area contributed by atoms with Crippen LogP contribution in [0.3, 0.4) is 0 Å². The molecule has 5 heteroatoms. The van der Waals surface area contributed by atoms with Gasteiger partial charge in [0.15, 0.2) is 17.3 Å². The molecule has 0 bridgehead atoms. The first kappa shape index (κ1) is 26.7. The van der Waals surface area contributed by atoms with Crippen molar-refractivity contribution in [2.45, 2.75) is 105 Å². The highest BCUT2D eigenvalue weighted by Gasteiger charge is 2.60. The van der Waals surface area contributed by atoms with Crippen molar-refractivity contribution in [3.63, 3.8) is 0 Å². The van der Waals surface area contributed by atoms with Crippen LogP contribution >= 0.6 is 0 Å². The number of aliphatic hydroxyl groups excluding tert-OH is 1. The molecule has 1 heterocycles. The van der Waals surface area contributed by atoms with Gasteiger partial charge in [-0.3, -0.25) is 4.79 Å². The molecule has 5 aliphatic rings. The van der Waals surface area contributed by atoms with E-state index in [0.717, 1.165) is 40.9 Å². The van der Waals surface area contributed by atoms with Gasteiger partial charge in [-0.25, -0.2) is 0 Å². The summed E-state index contributed by atoms with van der Waals surface area (Å²) in [5.74, 6) is 3.31.